The lowest BCUT2D eigenvalue weighted by Gasteiger charge is -2.41. The van der Waals surface area contributed by atoms with Gasteiger partial charge in [-0.05, 0) is 88.3 Å². The van der Waals surface area contributed by atoms with Gasteiger partial charge in [0.05, 0.1) is 31.0 Å². The Morgan fingerprint density at radius 3 is 2.44 bits per heavy atom. The molecule has 4 aliphatic heterocycles. The molecule has 4 aliphatic rings. The average Bonchev–Trinajstić information content (AvgIpc) is 3.49. The van der Waals surface area contributed by atoms with E-state index in [0.717, 1.165) is 68.9 Å². The Balaban J connectivity index is 1.18. The van der Waals surface area contributed by atoms with E-state index < -0.39 is 0 Å². The first-order valence-electron chi connectivity index (χ1n) is 13.8. The van der Waals surface area contributed by atoms with Gasteiger partial charge in [0.1, 0.15) is 11.6 Å². The van der Waals surface area contributed by atoms with Crippen molar-refractivity contribution in [3.8, 4) is 5.82 Å². The number of nitrogens with zero attached hydrogens (tertiary/aromatic N) is 7. The molecule has 2 aromatic heterocycles. The van der Waals surface area contributed by atoms with Crippen molar-refractivity contribution in [3.63, 3.8) is 0 Å². The van der Waals surface area contributed by atoms with Gasteiger partial charge in [0.25, 0.3) is 0 Å². The summed E-state index contributed by atoms with van der Waals surface area (Å²) in [5.41, 5.74) is 3.99. The molecule has 3 aromatic rings. The Kier molecular flexibility index (Phi) is 5.71. The molecule has 0 saturated carbocycles. The number of piperidine rings is 1. The van der Waals surface area contributed by atoms with Gasteiger partial charge in [0.15, 0.2) is 5.82 Å². The number of hydrogen-bond donors (Lipinski definition) is 0. The Bertz CT molecular complexity index is 1260. The quantitative estimate of drug-likeness (QED) is 0.560. The van der Waals surface area contributed by atoms with E-state index in [-0.39, 0.29) is 0 Å². The van der Waals surface area contributed by atoms with Gasteiger partial charge in [-0.25, -0.2) is 14.6 Å². The highest BCUT2D eigenvalue weighted by molar-refractivity contribution is 5.82. The van der Waals surface area contributed by atoms with Crippen LogP contribution in [0.25, 0.3) is 16.7 Å². The molecule has 6 heterocycles. The van der Waals surface area contributed by atoms with Crippen molar-refractivity contribution in [1.82, 2.24) is 29.5 Å². The molecule has 4 saturated heterocycles. The van der Waals surface area contributed by atoms with Crippen LogP contribution in [-0.4, -0.2) is 94.1 Å². The summed E-state index contributed by atoms with van der Waals surface area (Å²) < 4.78 is 7.45. The Labute approximate surface area is 213 Å². The van der Waals surface area contributed by atoms with Gasteiger partial charge < -0.3 is 9.64 Å². The molecule has 0 aliphatic carbocycles. The van der Waals surface area contributed by atoms with Crippen LogP contribution < -0.4 is 4.90 Å². The molecular weight excluding hydrogens is 450 g/mol. The van der Waals surface area contributed by atoms with E-state index in [1.54, 1.807) is 0 Å². The second-order valence-electron chi connectivity index (χ2n) is 11.2. The SMILES string of the molecule is Cc1nc(N2CCN3CCC[C@H]3C2)cc(-n2ncc3cc(C)c(C4CCN(C5COC5)CC4)cc32)n1. The first-order chi connectivity index (χ1) is 17.6. The molecule has 0 spiro atoms. The number of aryl methyl sites for hydroxylation is 2. The summed E-state index contributed by atoms with van der Waals surface area (Å²) >= 11 is 0. The molecule has 0 N–H and O–H groups in total. The molecule has 0 amide bonds. The van der Waals surface area contributed by atoms with Gasteiger partial charge in [-0.2, -0.15) is 5.10 Å². The molecule has 190 valence electrons. The third-order valence-electron chi connectivity index (χ3n) is 9.00. The van der Waals surface area contributed by atoms with Gasteiger partial charge in [-0.3, -0.25) is 9.80 Å². The summed E-state index contributed by atoms with van der Waals surface area (Å²) in [6, 6.07) is 8.15. The zero-order valence-electron chi connectivity index (χ0n) is 21.6. The maximum Gasteiger partial charge on any atom is 0.159 e. The van der Waals surface area contributed by atoms with E-state index in [1.807, 2.05) is 17.8 Å². The molecule has 0 bridgehead atoms. The number of ether oxygens (including phenoxy) is 1. The second kappa shape index (κ2) is 9.08. The van der Waals surface area contributed by atoms with Gasteiger partial charge in [-0.1, -0.05) is 0 Å². The van der Waals surface area contributed by atoms with Gasteiger partial charge in [-0.15, -0.1) is 0 Å². The third-order valence-corrected chi connectivity index (χ3v) is 9.00. The van der Waals surface area contributed by atoms with E-state index in [4.69, 9.17) is 19.8 Å². The van der Waals surface area contributed by atoms with Crippen LogP contribution in [0.2, 0.25) is 0 Å². The zero-order chi connectivity index (χ0) is 24.2. The molecule has 1 aromatic carbocycles. The normalized spacial score (nSPS) is 24.4. The lowest BCUT2D eigenvalue weighted by molar-refractivity contribution is -0.0712. The Morgan fingerprint density at radius 2 is 1.64 bits per heavy atom. The van der Waals surface area contributed by atoms with E-state index in [0.29, 0.717) is 18.0 Å². The van der Waals surface area contributed by atoms with Crippen molar-refractivity contribution < 1.29 is 4.74 Å². The van der Waals surface area contributed by atoms with Crippen molar-refractivity contribution in [2.45, 2.75) is 57.5 Å². The van der Waals surface area contributed by atoms with Crippen LogP contribution in [0.1, 0.15) is 48.6 Å². The smallest absolute Gasteiger partial charge is 0.159 e. The Hall–Kier alpha value is -2.55. The van der Waals surface area contributed by atoms with E-state index >= 15 is 0 Å². The van der Waals surface area contributed by atoms with E-state index in [1.165, 1.54) is 48.7 Å². The van der Waals surface area contributed by atoms with Crippen molar-refractivity contribution >= 4 is 16.7 Å². The fourth-order valence-electron chi connectivity index (χ4n) is 6.84. The van der Waals surface area contributed by atoms with Crippen LogP contribution in [-0.2, 0) is 4.74 Å². The van der Waals surface area contributed by atoms with Crippen LogP contribution in [0.4, 0.5) is 5.82 Å². The summed E-state index contributed by atoms with van der Waals surface area (Å²) in [6.45, 7) is 12.9. The van der Waals surface area contributed by atoms with Gasteiger partial charge in [0, 0.05) is 37.1 Å². The molecule has 0 unspecified atom stereocenters. The summed E-state index contributed by atoms with van der Waals surface area (Å²) in [5, 5.41) is 5.98. The predicted molar refractivity (Wildman–Crippen MR) is 141 cm³/mol. The minimum atomic E-state index is 0.598. The van der Waals surface area contributed by atoms with Gasteiger partial charge >= 0.3 is 0 Å². The number of likely N-dealkylation sites (tertiary alicyclic amines) is 1. The van der Waals surface area contributed by atoms with Crippen molar-refractivity contribution in [2.75, 3.05) is 57.4 Å². The first kappa shape index (κ1) is 22.6. The van der Waals surface area contributed by atoms with Gasteiger partial charge in [0.2, 0.25) is 0 Å². The van der Waals surface area contributed by atoms with Crippen LogP contribution in [0, 0.1) is 13.8 Å². The van der Waals surface area contributed by atoms with Crippen LogP contribution in [0.15, 0.2) is 24.4 Å². The minimum Gasteiger partial charge on any atom is -0.378 e. The monoisotopic (exact) mass is 487 g/mol. The number of anilines is 1. The fourth-order valence-corrected chi connectivity index (χ4v) is 6.84. The van der Waals surface area contributed by atoms with Crippen molar-refractivity contribution in [1.29, 1.82) is 0 Å². The molecule has 1 atom stereocenters. The predicted octanol–water partition coefficient (Wildman–Crippen LogP) is 3.29. The molecule has 0 radical (unpaired) electrons. The van der Waals surface area contributed by atoms with Crippen molar-refractivity contribution in [3.05, 3.63) is 41.3 Å². The fraction of sp³-hybridized carbons (Fsp3) is 0.607. The highest BCUT2D eigenvalue weighted by Gasteiger charge is 2.32. The summed E-state index contributed by atoms with van der Waals surface area (Å²) in [7, 11) is 0. The number of piperazine rings is 1. The molecule has 8 nitrogen and oxygen atoms in total. The van der Waals surface area contributed by atoms with E-state index in [9.17, 15) is 0 Å². The third kappa shape index (κ3) is 3.99. The number of aromatic nitrogens is 4. The maximum absolute atomic E-state index is 5.42. The average molecular weight is 488 g/mol. The summed E-state index contributed by atoms with van der Waals surface area (Å²) in [6.07, 6.45) is 7.02. The molecule has 7 rings (SSSR count). The molecule has 36 heavy (non-hydrogen) atoms. The Morgan fingerprint density at radius 1 is 0.833 bits per heavy atom. The number of benzene rings is 1. The molecule has 4 fully saturated rings. The van der Waals surface area contributed by atoms with Crippen LogP contribution in [0.3, 0.4) is 0 Å². The maximum atomic E-state index is 5.42. The molecule has 8 heteroatoms. The van der Waals surface area contributed by atoms with Crippen molar-refractivity contribution in [2.24, 2.45) is 0 Å². The number of fused-ring (bicyclic) bond motifs is 2. The van der Waals surface area contributed by atoms with Crippen LogP contribution in [0.5, 0.6) is 0 Å². The lowest BCUT2D eigenvalue weighted by atomic mass is 9.85. The first-order valence-corrected chi connectivity index (χ1v) is 13.8. The van der Waals surface area contributed by atoms with Crippen LogP contribution >= 0.6 is 0 Å². The molecular formula is C28H37N7O. The summed E-state index contributed by atoms with van der Waals surface area (Å²) in [5.74, 6) is 3.31. The highest BCUT2D eigenvalue weighted by atomic mass is 16.5. The largest absolute Gasteiger partial charge is 0.378 e. The lowest BCUT2D eigenvalue weighted by Crippen LogP contribution is -2.51. The number of rotatable bonds is 4. The van der Waals surface area contributed by atoms with E-state index in [2.05, 4.69) is 39.8 Å². The topological polar surface area (TPSA) is 62.6 Å². The summed E-state index contributed by atoms with van der Waals surface area (Å²) in [4.78, 5) is 17.4. The highest BCUT2D eigenvalue weighted by Crippen LogP contribution is 2.35. The second-order valence-corrected chi connectivity index (χ2v) is 11.2. The minimum absolute atomic E-state index is 0.598. The number of hydrogen-bond acceptors (Lipinski definition) is 7. The standard InChI is InChI=1S/C28H37N7O/c1-19-12-22-15-29-35(26(22)13-25(19)21-5-8-33(9-6-21)24-17-36-18-24)28-14-27(30-20(2)31-28)34-11-10-32-7-3-4-23(32)16-34/h12-15,21,23-24H,3-11,16-18H2,1-2H3/t23-/m0/s1. The zero-order valence-corrected chi connectivity index (χ0v) is 21.6.